The summed E-state index contributed by atoms with van der Waals surface area (Å²) < 4.78 is 6.00. The Morgan fingerprint density at radius 3 is 0.979 bits per heavy atom. The van der Waals surface area contributed by atoms with Crippen molar-refractivity contribution in [2.24, 2.45) is 5.92 Å². The van der Waals surface area contributed by atoms with Crippen LogP contribution in [0.2, 0.25) is 0 Å². The van der Waals surface area contributed by atoms with Gasteiger partial charge in [-0.1, -0.05) is 220 Å². The Morgan fingerprint density at radius 1 is 0.438 bits per heavy atom. The second-order valence-corrected chi connectivity index (χ2v) is 16.1. The van der Waals surface area contributed by atoms with Crippen LogP contribution in [-0.2, 0) is 9.53 Å². The lowest BCUT2D eigenvalue weighted by Crippen LogP contribution is -2.35. The quantitative estimate of drug-likeness (QED) is 0.0604. The van der Waals surface area contributed by atoms with Gasteiger partial charge in [0.2, 0.25) is 5.91 Å². The lowest BCUT2D eigenvalue weighted by molar-refractivity contribution is -0.134. The van der Waals surface area contributed by atoms with Gasteiger partial charge >= 0.3 is 0 Å². The molecule has 0 saturated heterocycles. The van der Waals surface area contributed by atoms with Crippen LogP contribution in [0, 0.1) is 5.92 Å². The summed E-state index contributed by atoms with van der Waals surface area (Å²) in [7, 11) is 0. The molecule has 1 amide bonds. The Balaban J connectivity index is 4.02. The Hall–Kier alpha value is -0.570. The van der Waals surface area contributed by atoms with E-state index in [-0.39, 0.29) is 6.10 Å². The van der Waals surface area contributed by atoms with Crippen LogP contribution in [0.25, 0.3) is 0 Å². The SMILES string of the molecule is CCCCCCCCCCCCCCCCCCN(CCCCCCCCCCCCCCCCCC)C(=O)CC(C)OCCC(C)C. The predicted molar refractivity (Wildman–Crippen MR) is 215 cm³/mol. The van der Waals surface area contributed by atoms with E-state index in [1.165, 1.54) is 193 Å². The largest absolute Gasteiger partial charge is 0.378 e. The fourth-order valence-corrected chi connectivity index (χ4v) is 7.00. The van der Waals surface area contributed by atoms with Gasteiger partial charge in [0.15, 0.2) is 0 Å². The van der Waals surface area contributed by atoms with Gasteiger partial charge in [0, 0.05) is 19.7 Å². The first-order chi connectivity index (χ1) is 23.5. The average molecular weight is 678 g/mol. The van der Waals surface area contributed by atoms with Crippen molar-refractivity contribution in [3.05, 3.63) is 0 Å². The highest BCUT2D eigenvalue weighted by Crippen LogP contribution is 2.16. The molecule has 3 heteroatoms. The third-order valence-electron chi connectivity index (χ3n) is 10.5. The van der Waals surface area contributed by atoms with Gasteiger partial charge in [-0.15, -0.1) is 0 Å². The van der Waals surface area contributed by atoms with Gasteiger partial charge in [0.05, 0.1) is 12.5 Å². The summed E-state index contributed by atoms with van der Waals surface area (Å²) in [5, 5.41) is 0. The molecule has 3 nitrogen and oxygen atoms in total. The van der Waals surface area contributed by atoms with Crippen LogP contribution in [0.15, 0.2) is 0 Å². The third kappa shape index (κ3) is 36.7. The number of hydrogen-bond acceptors (Lipinski definition) is 2. The van der Waals surface area contributed by atoms with Crippen LogP contribution in [0.5, 0.6) is 0 Å². The molecular weight excluding hydrogens is 587 g/mol. The van der Waals surface area contributed by atoms with E-state index in [4.69, 9.17) is 4.74 Å². The number of nitrogens with zero attached hydrogens (tertiary/aromatic N) is 1. The normalized spacial score (nSPS) is 12.3. The highest BCUT2D eigenvalue weighted by atomic mass is 16.5. The summed E-state index contributed by atoms with van der Waals surface area (Å²) in [5.41, 5.74) is 0. The predicted octanol–water partition coefficient (Wildman–Crippen LogP) is 15.2. The number of carbonyl (C=O) groups excluding carboxylic acids is 1. The number of rotatable bonds is 40. The molecular formula is C45H91NO2. The van der Waals surface area contributed by atoms with Crippen molar-refractivity contribution in [3.8, 4) is 0 Å². The third-order valence-corrected chi connectivity index (χ3v) is 10.5. The minimum Gasteiger partial charge on any atom is -0.378 e. The maximum absolute atomic E-state index is 13.3. The van der Waals surface area contributed by atoms with Crippen molar-refractivity contribution >= 4 is 5.91 Å². The van der Waals surface area contributed by atoms with E-state index in [9.17, 15) is 4.79 Å². The summed E-state index contributed by atoms with van der Waals surface area (Å²) in [6.07, 6.45) is 46.1. The Bertz CT molecular complexity index is 584. The minimum atomic E-state index is 0.0235. The van der Waals surface area contributed by atoms with E-state index >= 15 is 0 Å². The zero-order valence-electron chi connectivity index (χ0n) is 34.1. The summed E-state index contributed by atoms with van der Waals surface area (Å²) in [5.74, 6) is 0.961. The van der Waals surface area contributed by atoms with Crippen LogP contribution in [0.3, 0.4) is 0 Å². The van der Waals surface area contributed by atoms with Crippen LogP contribution in [0.1, 0.15) is 253 Å². The van der Waals surface area contributed by atoms with E-state index in [2.05, 4.69) is 39.5 Å². The molecule has 1 unspecified atom stereocenters. The molecule has 0 rings (SSSR count). The first-order valence-corrected chi connectivity index (χ1v) is 22.4. The summed E-state index contributed by atoms with van der Waals surface area (Å²) in [4.78, 5) is 15.5. The summed E-state index contributed by atoms with van der Waals surface area (Å²) >= 11 is 0. The Kier molecular flexibility index (Phi) is 38.8. The molecule has 0 aromatic carbocycles. The molecule has 0 saturated carbocycles. The van der Waals surface area contributed by atoms with Gasteiger partial charge in [0.25, 0.3) is 0 Å². The maximum Gasteiger partial charge on any atom is 0.225 e. The van der Waals surface area contributed by atoms with Gasteiger partial charge in [-0.25, -0.2) is 0 Å². The molecule has 0 fully saturated rings. The van der Waals surface area contributed by atoms with Gasteiger partial charge < -0.3 is 9.64 Å². The average Bonchev–Trinajstić information content (AvgIpc) is 3.06. The molecule has 0 aliphatic rings. The zero-order chi connectivity index (χ0) is 35.2. The number of amides is 1. The molecule has 0 N–H and O–H groups in total. The highest BCUT2D eigenvalue weighted by molar-refractivity contribution is 5.76. The van der Waals surface area contributed by atoms with Crippen molar-refractivity contribution in [1.29, 1.82) is 0 Å². The number of carbonyl (C=O) groups is 1. The van der Waals surface area contributed by atoms with Crippen molar-refractivity contribution < 1.29 is 9.53 Å². The van der Waals surface area contributed by atoms with Crippen LogP contribution in [0.4, 0.5) is 0 Å². The maximum atomic E-state index is 13.3. The monoisotopic (exact) mass is 678 g/mol. The lowest BCUT2D eigenvalue weighted by Gasteiger charge is -2.25. The van der Waals surface area contributed by atoms with Gasteiger partial charge in [0.1, 0.15) is 0 Å². The van der Waals surface area contributed by atoms with Gasteiger partial charge in [-0.05, 0) is 32.1 Å². The van der Waals surface area contributed by atoms with Crippen LogP contribution in [-0.4, -0.2) is 36.6 Å². The molecule has 48 heavy (non-hydrogen) atoms. The van der Waals surface area contributed by atoms with Crippen LogP contribution >= 0.6 is 0 Å². The van der Waals surface area contributed by atoms with Crippen LogP contribution < -0.4 is 0 Å². The fraction of sp³-hybridized carbons (Fsp3) is 0.978. The van der Waals surface area contributed by atoms with Crippen molar-refractivity contribution in [2.75, 3.05) is 19.7 Å². The lowest BCUT2D eigenvalue weighted by atomic mass is 10.0. The summed E-state index contributed by atoms with van der Waals surface area (Å²) in [6.45, 7) is 13.8. The van der Waals surface area contributed by atoms with E-state index in [1.54, 1.807) is 0 Å². The fourth-order valence-electron chi connectivity index (χ4n) is 7.00. The van der Waals surface area contributed by atoms with Gasteiger partial charge in [-0.2, -0.15) is 0 Å². The number of unbranched alkanes of at least 4 members (excludes halogenated alkanes) is 30. The molecule has 0 radical (unpaired) electrons. The Morgan fingerprint density at radius 2 is 0.708 bits per heavy atom. The molecule has 1 atom stereocenters. The molecule has 0 aromatic rings. The smallest absolute Gasteiger partial charge is 0.225 e. The molecule has 0 aromatic heterocycles. The van der Waals surface area contributed by atoms with E-state index in [0.29, 0.717) is 18.2 Å². The molecule has 0 aliphatic heterocycles. The molecule has 0 heterocycles. The summed E-state index contributed by atoms with van der Waals surface area (Å²) in [6, 6.07) is 0. The zero-order valence-corrected chi connectivity index (χ0v) is 34.1. The molecule has 0 spiro atoms. The second-order valence-electron chi connectivity index (χ2n) is 16.1. The second kappa shape index (κ2) is 39.2. The first kappa shape index (κ1) is 47.4. The highest BCUT2D eigenvalue weighted by Gasteiger charge is 2.17. The standard InChI is InChI=1S/C45H91NO2/c1-6-8-10-12-14-16-18-20-22-24-26-28-30-32-34-36-39-46(45(47)42-44(5)48-41-38-43(3)4)40-37-35-33-31-29-27-25-23-21-19-17-15-13-11-9-7-2/h43-44H,6-42H2,1-5H3. The minimum absolute atomic E-state index is 0.0235. The van der Waals surface area contributed by atoms with E-state index in [0.717, 1.165) is 39.0 Å². The molecule has 0 aliphatic carbocycles. The topological polar surface area (TPSA) is 29.5 Å². The van der Waals surface area contributed by atoms with Crippen molar-refractivity contribution in [2.45, 2.75) is 259 Å². The van der Waals surface area contributed by atoms with Crippen molar-refractivity contribution in [1.82, 2.24) is 4.90 Å². The van der Waals surface area contributed by atoms with Crippen molar-refractivity contribution in [3.63, 3.8) is 0 Å². The van der Waals surface area contributed by atoms with E-state index < -0.39 is 0 Å². The molecule has 288 valence electrons. The number of ether oxygens (including phenoxy) is 1. The van der Waals surface area contributed by atoms with Gasteiger partial charge in [-0.3, -0.25) is 4.79 Å². The molecule has 0 bridgehead atoms. The Labute approximate surface area is 304 Å². The van der Waals surface area contributed by atoms with E-state index in [1.807, 2.05) is 0 Å². The first-order valence-electron chi connectivity index (χ1n) is 22.4. The number of hydrogen-bond donors (Lipinski definition) is 0.